The molecule has 0 saturated carbocycles. The zero-order valence-corrected chi connectivity index (χ0v) is 24.7. The smallest absolute Gasteiger partial charge is 0.238 e. The maximum Gasteiger partial charge on any atom is 0.238 e. The van der Waals surface area contributed by atoms with Crippen LogP contribution in [0, 0.1) is 0 Å². The largest absolute Gasteiger partial charge is 0.307 e. The summed E-state index contributed by atoms with van der Waals surface area (Å²) in [5.41, 5.74) is 7.49. The van der Waals surface area contributed by atoms with Gasteiger partial charge in [0.15, 0.2) is 11.6 Å². The first-order valence-corrected chi connectivity index (χ1v) is 15.5. The molecule has 0 amide bonds. The van der Waals surface area contributed by atoms with Crippen LogP contribution in [0.25, 0.3) is 88.6 Å². The molecule has 4 heterocycles. The van der Waals surface area contributed by atoms with Gasteiger partial charge in [0, 0.05) is 38.1 Å². The van der Waals surface area contributed by atoms with Gasteiger partial charge in [0.05, 0.1) is 27.6 Å². The summed E-state index contributed by atoms with van der Waals surface area (Å²) in [7, 11) is 0. The zero-order chi connectivity index (χ0) is 30.2. The van der Waals surface area contributed by atoms with Crippen LogP contribution in [-0.2, 0) is 0 Å². The highest BCUT2D eigenvalue weighted by molar-refractivity contribution is 6.22. The SMILES string of the molecule is c1ccc(-c2nc(-c3ccccc3)nc(-n3c4ccccc4c4ccc5cc6c7ccccc7c7ccccc7n6c5c43)n2)cc1. The van der Waals surface area contributed by atoms with Crippen LogP contribution in [0.4, 0.5) is 0 Å². The normalized spacial score (nSPS) is 11.9. The van der Waals surface area contributed by atoms with Crippen molar-refractivity contribution in [2.24, 2.45) is 0 Å². The number of pyridine rings is 1. The highest BCUT2D eigenvalue weighted by atomic mass is 15.2. The van der Waals surface area contributed by atoms with E-state index in [2.05, 4.69) is 124 Å². The molecule has 10 aromatic rings. The summed E-state index contributed by atoms with van der Waals surface area (Å²) >= 11 is 0. The molecule has 214 valence electrons. The fourth-order valence-electron chi connectivity index (χ4n) is 7.13. The van der Waals surface area contributed by atoms with E-state index in [1.165, 1.54) is 32.6 Å². The molecule has 5 heteroatoms. The number of benzene rings is 6. The number of nitrogens with zero attached hydrogens (tertiary/aromatic N) is 5. The third-order valence-corrected chi connectivity index (χ3v) is 9.12. The molecule has 0 unspecified atom stereocenters. The van der Waals surface area contributed by atoms with Crippen LogP contribution in [0.1, 0.15) is 0 Å². The molecule has 0 saturated heterocycles. The average molecular weight is 588 g/mol. The third kappa shape index (κ3) is 3.54. The lowest BCUT2D eigenvalue weighted by molar-refractivity contribution is 0.954. The second-order valence-electron chi connectivity index (χ2n) is 11.7. The predicted molar refractivity (Wildman–Crippen MR) is 189 cm³/mol. The maximum absolute atomic E-state index is 5.19. The minimum absolute atomic E-state index is 0.589. The Hall–Kier alpha value is -6.33. The molecule has 0 fully saturated rings. The van der Waals surface area contributed by atoms with Crippen LogP contribution in [0.3, 0.4) is 0 Å². The highest BCUT2D eigenvalue weighted by Gasteiger charge is 2.22. The minimum atomic E-state index is 0.589. The van der Waals surface area contributed by atoms with Gasteiger partial charge < -0.3 is 4.40 Å². The van der Waals surface area contributed by atoms with Gasteiger partial charge in [-0.25, -0.2) is 4.98 Å². The Labute approximate surface area is 263 Å². The molecule has 0 radical (unpaired) electrons. The van der Waals surface area contributed by atoms with Crippen LogP contribution in [-0.4, -0.2) is 23.9 Å². The number of hydrogen-bond donors (Lipinski definition) is 0. The molecule has 5 nitrogen and oxygen atoms in total. The average Bonchev–Trinajstić information content (AvgIpc) is 3.69. The van der Waals surface area contributed by atoms with Crippen molar-refractivity contribution in [3.8, 4) is 28.7 Å². The number of para-hydroxylation sites is 2. The van der Waals surface area contributed by atoms with E-state index in [-0.39, 0.29) is 0 Å². The number of fused-ring (bicyclic) bond motifs is 12. The molecule has 4 aromatic heterocycles. The third-order valence-electron chi connectivity index (χ3n) is 9.12. The summed E-state index contributed by atoms with van der Waals surface area (Å²) in [5.74, 6) is 1.87. The van der Waals surface area contributed by atoms with Crippen LogP contribution >= 0.6 is 0 Å². The summed E-state index contributed by atoms with van der Waals surface area (Å²) in [6.07, 6.45) is 0. The van der Waals surface area contributed by atoms with Gasteiger partial charge in [-0.3, -0.25) is 4.57 Å². The maximum atomic E-state index is 5.19. The molecular weight excluding hydrogens is 562 g/mol. The van der Waals surface area contributed by atoms with Crippen molar-refractivity contribution >= 4 is 59.9 Å². The molecule has 0 N–H and O–H groups in total. The van der Waals surface area contributed by atoms with Gasteiger partial charge in [0.1, 0.15) is 0 Å². The number of hydrogen-bond acceptors (Lipinski definition) is 3. The lowest BCUT2D eigenvalue weighted by Gasteiger charge is -2.13. The van der Waals surface area contributed by atoms with E-state index in [9.17, 15) is 0 Å². The molecule has 0 spiro atoms. The quantitative estimate of drug-likeness (QED) is 0.193. The summed E-state index contributed by atoms with van der Waals surface area (Å²) < 4.78 is 4.67. The highest BCUT2D eigenvalue weighted by Crippen LogP contribution is 2.41. The van der Waals surface area contributed by atoms with E-state index in [0.29, 0.717) is 17.6 Å². The zero-order valence-electron chi connectivity index (χ0n) is 24.7. The molecule has 46 heavy (non-hydrogen) atoms. The molecule has 0 aliphatic rings. The van der Waals surface area contributed by atoms with Crippen molar-refractivity contribution in [3.05, 3.63) is 152 Å². The number of rotatable bonds is 3. The first-order valence-electron chi connectivity index (χ1n) is 15.5. The van der Waals surface area contributed by atoms with Gasteiger partial charge in [0.2, 0.25) is 5.95 Å². The van der Waals surface area contributed by atoms with Crippen molar-refractivity contribution < 1.29 is 0 Å². The van der Waals surface area contributed by atoms with E-state index < -0.39 is 0 Å². The summed E-state index contributed by atoms with van der Waals surface area (Å²) in [5, 5.41) is 7.18. The van der Waals surface area contributed by atoms with Gasteiger partial charge in [0.25, 0.3) is 0 Å². The first kappa shape index (κ1) is 25.0. The Morgan fingerprint density at radius 1 is 0.370 bits per heavy atom. The molecule has 6 aromatic carbocycles. The molecule has 0 bridgehead atoms. The predicted octanol–water partition coefficient (Wildman–Crippen LogP) is 10.0. The van der Waals surface area contributed by atoms with Crippen LogP contribution in [0.15, 0.2) is 152 Å². The molecule has 0 atom stereocenters. The van der Waals surface area contributed by atoms with E-state index in [1.807, 2.05) is 36.4 Å². The Bertz CT molecular complexity index is 2740. The van der Waals surface area contributed by atoms with Crippen molar-refractivity contribution in [1.82, 2.24) is 23.9 Å². The van der Waals surface area contributed by atoms with Crippen LogP contribution in [0.2, 0.25) is 0 Å². The Kier molecular flexibility index (Phi) is 5.22. The summed E-state index contributed by atoms with van der Waals surface area (Å²) in [6, 6.07) is 53.1. The van der Waals surface area contributed by atoms with Gasteiger partial charge >= 0.3 is 0 Å². The van der Waals surface area contributed by atoms with E-state index >= 15 is 0 Å². The monoisotopic (exact) mass is 587 g/mol. The van der Waals surface area contributed by atoms with E-state index in [4.69, 9.17) is 15.0 Å². The van der Waals surface area contributed by atoms with Crippen molar-refractivity contribution in [2.45, 2.75) is 0 Å². The standard InChI is InChI=1S/C41H25N5/c1-3-13-26(14-4-1)39-42-40(27-15-5-2-6-16-27)44-41(43-39)46-35-22-12-10-20-32(35)33-24-23-28-25-36-31-19-8-7-17-29(31)30-18-9-11-21-34(30)45(36)37(28)38(33)46/h1-25H. The Morgan fingerprint density at radius 2 is 0.891 bits per heavy atom. The summed E-state index contributed by atoms with van der Waals surface area (Å²) in [6.45, 7) is 0. The molecule has 0 aliphatic carbocycles. The van der Waals surface area contributed by atoms with Gasteiger partial charge in [-0.05, 0) is 23.6 Å². The van der Waals surface area contributed by atoms with Crippen molar-refractivity contribution in [2.75, 3.05) is 0 Å². The second kappa shape index (κ2) is 9.58. The lowest BCUT2D eigenvalue weighted by Crippen LogP contribution is -2.07. The van der Waals surface area contributed by atoms with Crippen molar-refractivity contribution in [3.63, 3.8) is 0 Å². The second-order valence-corrected chi connectivity index (χ2v) is 11.7. The van der Waals surface area contributed by atoms with E-state index in [0.717, 1.165) is 38.4 Å². The van der Waals surface area contributed by atoms with Gasteiger partial charge in [-0.15, -0.1) is 0 Å². The first-order chi connectivity index (χ1) is 22.8. The molecule has 10 rings (SSSR count). The fourth-order valence-corrected chi connectivity index (χ4v) is 7.13. The Balaban J connectivity index is 1.42. The van der Waals surface area contributed by atoms with Crippen LogP contribution in [0.5, 0.6) is 0 Å². The number of aromatic nitrogens is 5. The summed E-state index contributed by atoms with van der Waals surface area (Å²) in [4.78, 5) is 15.4. The van der Waals surface area contributed by atoms with Gasteiger partial charge in [-0.2, -0.15) is 9.97 Å². The van der Waals surface area contributed by atoms with Gasteiger partial charge in [-0.1, -0.05) is 133 Å². The molecule has 0 aliphatic heterocycles. The lowest BCUT2D eigenvalue weighted by atomic mass is 10.1. The fraction of sp³-hybridized carbons (Fsp3) is 0. The van der Waals surface area contributed by atoms with Crippen LogP contribution < -0.4 is 0 Å². The topological polar surface area (TPSA) is 48.0 Å². The Morgan fingerprint density at radius 3 is 1.54 bits per heavy atom. The van der Waals surface area contributed by atoms with Crippen molar-refractivity contribution in [1.29, 1.82) is 0 Å². The minimum Gasteiger partial charge on any atom is -0.307 e. The molecular formula is C41H25N5. The van der Waals surface area contributed by atoms with E-state index in [1.54, 1.807) is 0 Å².